The van der Waals surface area contributed by atoms with Crippen molar-refractivity contribution in [3.8, 4) is 0 Å². The van der Waals surface area contributed by atoms with Crippen molar-refractivity contribution in [3.63, 3.8) is 0 Å². The Morgan fingerprint density at radius 1 is 1.07 bits per heavy atom. The maximum atomic E-state index is 12.7. The standard InChI is InChI=1S/C20H20F3N3O/c1-19(2,3)14-4-5-16-13(7-14)8-17(26-16)18(27)25-10-12-6-15(11-24-9-12)20(21,22)23/h4-9,11,26H,10H2,1-3H3,(H,25,27). The topological polar surface area (TPSA) is 57.8 Å². The number of nitrogens with zero attached hydrogens (tertiary/aromatic N) is 1. The van der Waals surface area contributed by atoms with Crippen LogP contribution < -0.4 is 5.32 Å². The lowest BCUT2D eigenvalue weighted by Gasteiger charge is -2.18. The molecule has 0 aliphatic heterocycles. The summed E-state index contributed by atoms with van der Waals surface area (Å²) in [5.41, 5.74) is 1.77. The maximum Gasteiger partial charge on any atom is 0.417 e. The van der Waals surface area contributed by atoms with Crippen molar-refractivity contribution in [2.24, 2.45) is 0 Å². The number of carbonyl (C=O) groups is 1. The predicted octanol–water partition coefficient (Wildman–Crippen LogP) is 4.81. The van der Waals surface area contributed by atoms with Gasteiger partial charge in [0.1, 0.15) is 5.69 Å². The van der Waals surface area contributed by atoms with Crippen molar-refractivity contribution in [2.45, 2.75) is 38.9 Å². The second-order valence-corrected chi connectivity index (χ2v) is 7.50. The van der Waals surface area contributed by atoms with Crippen LogP contribution in [0.15, 0.2) is 42.7 Å². The van der Waals surface area contributed by atoms with E-state index in [1.807, 2.05) is 18.2 Å². The number of carbonyl (C=O) groups excluding carboxylic acids is 1. The van der Waals surface area contributed by atoms with E-state index >= 15 is 0 Å². The van der Waals surface area contributed by atoms with Crippen LogP contribution in [0.2, 0.25) is 0 Å². The first-order chi connectivity index (χ1) is 12.5. The number of halogens is 3. The molecule has 2 aromatic heterocycles. The van der Waals surface area contributed by atoms with E-state index in [2.05, 4.69) is 36.1 Å². The maximum absolute atomic E-state index is 12.7. The zero-order valence-electron chi connectivity index (χ0n) is 15.2. The van der Waals surface area contributed by atoms with Crippen LogP contribution in [0, 0.1) is 0 Å². The minimum atomic E-state index is -4.46. The number of aromatic nitrogens is 2. The van der Waals surface area contributed by atoms with Crippen molar-refractivity contribution in [3.05, 3.63) is 65.1 Å². The highest BCUT2D eigenvalue weighted by Crippen LogP contribution is 2.29. The van der Waals surface area contributed by atoms with Gasteiger partial charge in [-0.25, -0.2) is 0 Å². The molecule has 0 bridgehead atoms. The first kappa shape index (κ1) is 18.9. The van der Waals surface area contributed by atoms with Gasteiger partial charge in [-0.15, -0.1) is 0 Å². The Kier molecular flexibility index (Phi) is 4.71. The van der Waals surface area contributed by atoms with Gasteiger partial charge in [0.15, 0.2) is 0 Å². The van der Waals surface area contributed by atoms with Crippen LogP contribution >= 0.6 is 0 Å². The molecule has 0 radical (unpaired) electrons. The number of hydrogen-bond acceptors (Lipinski definition) is 2. The molecule has 3 aromatic rings. The molecule has 0 unspecified atom stereocenters. The molecule has 1 amide bonds. The molecule has 0 saturated heterocycles. The Labute approximate surface area is 154 Å². The predicted molar refractivity (Wildman–Crippen MR) is 97.4 cm³/mol. The Hall–Kier alpha value is -2.83. The van der Waals surface area contributed by atoms with Gasteiger partial charge in [-0.1, -0.05) is 26.8 Å². The monoisotopic (exact) mass is 375 g/mol. The van der Waals surface area contributed by atoms with Crippen molar-refractivity contribution in [2.75, 3.05) is 0 Å². The normalized spacial score (nSPS) is 12.4. The van der Waals surface area contributed by atoms with Crippen LogP contribution in [0.5, 0.6) is 0 Å². The van der Waals surface area contributed by atoms with Crippen LogP contribution in [-0.4, -0.2) is 15.9 Å². The summed E-state index contributed by atoms with van der Waals surface area (Å²) in [6.07, 6.45) is -2.40. The Morgan fingerprint density at radius 2 is 1.81 bits per heavy atom. The fourth-order valence-corrected chi connectivity index (χ4v) is 2.74. The molecule has 0 spiro atoms. The zero-order chi connectivity index (χ0) is 19.8. The number of H-pyrrole nitrogens is 1. The molecular weight excluding hydrogens is 355 g/mol. The van der Waals surface area contributed by atoms with Gasteiger partial charge >= 0.3 is 6.18 Å². The van der Waals surface area contributed by atoms with Gasteiger partial charge in [-0.2, -0.15) is 13.2 Å². The lowest BCUT2D eigenvalue weighted by Crippen LogP contribution is -2.23. The first-order valence-corrected chi connectivity index (χ1v) is 8.46. The summed E-state index contributed by atoms with van der Waals surface area (Å²) >= 11 is 0. The summed E-state index contributed by atoms with van der Waals surface area (Å²) in [4.78, 5) is 19.0. The number of benzene rings is 1. The molecule has 1 aromatic carbocycles. The van der Waals surface area contributed by atoms with Crippen LogP contribution in [0.1, 0.15) is 48.0 Å². The van der Waals surface area contributed by atoms with Gasteiger partial charge in [-0.05, 0) is 40.8 Å². The fraction of sp³-hybridized carbons (Fsp3) is 0.300. The molecule has 2 heterocycles. The number of rotatable bonds is 3. The number of pyridine rings is 1. The smallest absolute Gasteiger partial charge is 0.351 e. The molecule has 142 valence electrons. The van der Waals surface area contributed by atoms with Crippen LogP contribution in [0.4, 0.5) is 13.2 Å². The van der Waals surface area contributed by atoms with Crippen molar-refractivity contribution in [1.29, 1.82) is 0 Å². The van der Waals surface area contributed by atoms with E-state index in [-0.39, 0.29) is 23.4 Å². The van der Waals surface area contributed by atoms with Gasteiger partial charge in [0.2, 0.25) is 0 Å². The van der Waals surface area contributed by atoms with E-state index in [1.54, 1.807) is 6.07 Å². The second kappa shape index (κ2) is 6.72. The summed E-state index contributed by atoms with van der Waals surface area (Å²) in [7, 11) is 0. The highest BCUT2D eigenvalue weighted by molar-refractivity contribution is 5.98. The molecule has 0 atom stereocenters. The fourth-order valence-electron chi connectivity index (χ4n) is 2.74. The molecule has 0 aliphatic carbocycles. The lowest BCUT2D eigenvalue weighted by atomic mass is 9.86. The number of nitrogens with one attached hydrogen (secondary N) is 2. The van der Waals surface area contributed by atoms with Crippen molar-refractivity contribution >= 4 is 16.8 Å². The molecule has 7 heteroatoms. The third-order valence-corrected chi connectivity index (χ3v) is 4.31. The second-order valence-electron chi connectivity index (χ2n) is 7.50. The van der Waals surface area contributed by atoms with E-state index in [9.17, 15) is 18.0 Å². The molecule has 0 aliphatic rings. The first-order valence-electron chi connectivity index (χ1n) is 8.46. The number of hydrogen-bond donors (Lipinski definition) is 2. The van der Waals surface area contributed by atoms with Gasteiger partial charge < -0.3 is 10.3 Å². The summed E-state index contributed by atoms with van der Waals surface area (Å²) in [5, 5.41) is 3.53. The molecule has 2 N–H and O–H groups in total. The third-order valence-electron chi connectivity index (χ3n) is 4.31. The summed E-state index contributed by atoms with van der Waals surface area (Å²) in [5.74, 6) is -0.388. The summed E-state index contributed by atoms with van der Waals surface area (Å²) in [6, 6.07) is 8.68. The number of alkyl halides is 3. The quantitative estimate of drug-likeness (QED) is 0.690. The molecule has 4 nitrogen and oxygen atoms in total. The van der Waals surface area contributed by atoms with Gasteiger partial charge in [0.05, 0.1) is 5.56 Å². The largest absolute Gasteiger partial charge is 0.417 e. The Bertz CT molecular complexity index is 984. The SMILES string of the molecule is CC(C)(C)c1ccc2[nH]c(C(=O)NCc3cncc(C(F)(F)F)c3)cc2c1. The van der Waals surface area contributed by atoms with Gasteiger partial charge in [0, 0.05) is 29.8 Å². The van der Waals surface area contributed by atoms with E-state index in [1.165, 1.54) is 6.20 Å². The molecule has 27 heavy (non-hydrogen) atoms. The zero-order valence-corrected chi connectivity index (χ0v) is 15.2. The van der Waals surface area contributed by atoms with Gasteiger partial charge in [0.25, 0.3) is 5.91 Å². The van der Waals surface area contributed by atoms with E-state index in [0.717, 1.165) is 28.7 Å². The van der Waals surface area contributed by atoms with Gasteiger partial charge in [-0.3, -0.25) is 9.78 Å². The lowest BCUT2D eigenvalue weighted by molar-refractivity contribution is -0.137. The number of fused-ring (bicyclic) bond motifs is 1. The molecule has 0 saturated carbocycles. The van der Waals surface area contributed by atoms with Crippen LogP contribution in [0.3, 0.4) is 0 Å². The summed E-state index contributed by atoms with van der Waals surface area (Å²) in [6.45, 7) is 6.28. The Morgan fingerprint density at radius 3 is 2.48 bits per heavy atom. The molecular formula is C20H20F3N3O. The van der Waals surface area contributed by atoms with E-state index < -0.39 is 11.7 Å². The Balaban J connectivity index is 1.75. The average Bonchev–Trinajstić information content (AvgIpc) is 3.01. The third kappa shape index (κ3) is 4.30. The number of aromatic amines is 1. The molecule has 3 rings (SSSR count). The van der Waals surface area contributed by atoms with Crippen LogP contribution in [-0.2, 0) is 18.1 Å². The highest BCUT2D eigenvalue weighted by atomic mass is 19.4. The highest BCUT2D eigenvalue weighted by Gasteiger charge is 2.31. The van der Waals surface area contributed by atoms with Crippen molar-refractivity contribution < 1.29 is 18.0 Å². The van der Waals surface area contributed by atoms with E-state index in [4.69, 9.17) is 0 Å². The minimum absolute atomic E-state index is 0.00954. The van der Waals surface area contributed by atoms with Crippen LogP contribution in [0.25, 0.3) is 10.9 Å². The van der Waals surface area contributed by atoms with E-state index in [0.29, 0.717) is 5.69 Å². The minimum Gasteiger partial charge on any atom is -0.351 e. The van der Waals surface area contributed by atoms with Crippen molar-refractivity contribution in [1.82, 2.24) is 15.3 Å². The summed E-state index contributed by atoms with van der Waals surface area (Å²) < 4.78 is 38.2. The number of amides is 1. The average molecular weight is 375 g/mol. The molecule has 0 fully saturated rings.